The fourth-order valence-corrected chi connectivity index (χ4v) is 1.84. The van der Waals surface area contributed by atoms with E-state index in [0.29, 0.717) is 5.56 Å². The van der Waals surface area contributed by atoms with E-state index in [9.17, 15) is 14.0 Å². The first-order valence-corrected chi connectivity index (χ1v) is 6.79. The van der Waals surface area contributed by atoms with Gasteiger partial charge in [0.15, 0.2) is 0 Å². The van der Waals surface area contributed by atoms with Gasteiger partial charge in [-0.25, -0.2) is 4.39 Å². The Kier molecular flexibility index (Phi) is 6.30. The highest BCUT2D eigenvalue weighted by Gasteiger charge is 2.27. The van der Waals surface area contributed by atoms with Crippen LogP contribution in [0.25, 0.3) is 0 Å². The van der Waals surface area contributed by atoms with E-state index < -0.39 is 17.8 Å². The van der Waals surface area contributed by atoms with E-state index in [1.165, 1.54) is 29.2 Å². The molecule has 1 rings (SSSR count). The van der Waals surface area contributed by atoms with Gasteiger partial charge in [-0.2, -0.15) is 0 Å². The number of halogens is 1. The van der Waals surface area contributed by atoms with Gasteiger partial charge in [-0.05, 0) is 30.2 Å². The predicted molar refractivity (Wildman–Crippen MR) is 77.2 cm³/mol. The predicted octanol–water partition coefficient (Wildman–Crippen LogP) is 1.03. The maximum atomic E-state index is 12.8. The molecule has 21 heavy (non-hydrogen) atoms. The second-order valence-corrected chi connectivity index (χ2v) is 5.19. The summed E-state index contributed by atoms with van der Waals surface area (Å²) in [5, 5.41) is 11.5. The lowest BCUT2D eigenvalue weighted by atomic mass is 10.0. The number of amides is 2. The van der Waals surface area contributed by atoms with Crippen LogP contribution < -0.4 is 5.32 Å². The second kappa shape index (κ2) is 7.73. The molecule has 0 fully saturated rings. The number of aliphatic hydroxyl groups excluding tert-OH is 1. The van der Waals surface area contributed by atoms with E-state index >= 15 is 0 Å². The number of carbonyl (C=O) groups excluding carboxylic acids is 2. The van der Waals surface area contributed by atoms with Gasteiger partial charge in [-0.1, -0.05) is 13.8 Å². The smallest absolute Gasteiger partial charge is 0.251 e. The summed E-state index contributed by atoms with van der Waals surface area (Å²) in [6.45, 7) is 3.70. The Balaban J connectivity index is 2.81. The summed E-state index contributed by atoms with van der Waals surface area (Å²) in [7, 11) is 1.57. The zero-order valence-corrected chi connectivity index (χ0v) is 12.5. The van der Waals surface area contributed by atoms with Crippen molar-refractivity contribution in [2.45, 2.75) is 19.9 Å². The lowest BCUT2D eigenvalue weighted by Gasteiger charge is -2.26. The first-order valence-electron chi connectivity index (χ1n) is 6.79. The SMILES string of the molecule is CC(C)C(NC(=O)c1ccc(F)cc1)C(=O)N(C)CCO. The molecule has 0 heterocycles. The van der Waals surface area contributed by atoms with Crippen molar-refractivity contribution < 1.29 is 19.1 Å². The van der Waals surface area contributed by atoms with Crippen LogP contribution >= 0.6 is 0 Å². The summed E-state index contributed by atoms with van der Waals surface area (Å²) in [5.74, 6) is -1.23. The van der Waals surface area contributed by atoms with Crippen molar-refractivity contribution in [2.75, 3.05) is 20.2 Å². The number of nitrogens with one attached hydrogen (secondary N) is 1. The van der Waals surface area contributed by atoms with Crippen molar-refractivity contribution in [3.8, 4) is 0 Å². The fourth-order valence-electron chi connectivity index (χ4n) is 1.84. The van der Waals surface area contributed by atoms with Gasteiger partial charge in [-0.3, -0.25) is 9.59 Å². The lowest BCUT2D eigenvalue weighted by molar-refractivity contribution is -0.133. The molecule has 0 aliphatic carbocycles. The molecule has 1 aromatic carbocycles. The molecule has 0 aliphatic heterocycles. The molecule has 116 valence electrons. The molecule has 5 nitrogen and oxygen atoms in total. The van der Waals surface area contributed by atoms with E-state index in [1.807, 2.05) is 13.8 Å². The Hall–Kier alpha value is -1.95. The van der Waals surface area contributed by atoms with Crippen molar-refractivity contribution in [2.24, 2.45) is 5.92 Å². The van der Waals surface area contributed by atoms with Gasteiger partial charge in [0, 0.05) is 19.2 Å². The number of rotatable bonds is 6. The van der Waals surface area contributed by atoms with E-state index in [0.717, 1.165) is 0 Å². The number of carbonyl (C=O) groups is 2. The van der Waals surface area contributed by atoms with E-state index in [2.05, 4.69) is 5.32 Å². The number of benzene rings is 1. The molecule has 1 unspecified atom stereocenters. The zero-order valence-electron chi connectivity index (χ0n) is 12.5. The van der Waals surface area contributed by atoms with Gasteiger partial charge in [0.05, 0.1) is 6.61 Å². The summed E-state index contributed by atoms with van der Waals surface area (Å²) in [6, 6.07) is 4.42. The van der Waals surface area contributed by atoms with Crippen molar-refractivity contribution in [3.05, 3.63) is 35.6 Å². The Morgan fingerprint density at radius 2 is 1.86 bits per heavy atom. The minimum absolute atomic E-state index is 0.108. The molecule has 1 aromatic rings. The maximum absolute atomic E-state index is 12.8. The molecule has 2 amide bonds. The van der Waals surface area contributed by atoms with Crippen LogP contribution in [0, 0.1) is 11.7 Å². The Morgan fingerprint density at radius 3 is 2.33 bits per heavy atom. The minimum atomic E-state index is -0.695. The van der Waals surface area contributed by atoms with Crippen LogP contribution in [0.15, 0.2) is 24.3 Å². The first kappa shape index (κ1) is 17.1. The summed E-state index contributed by atoms with van der Waals surface area (Å²) in [4.78, 5) is 25.7. The maximum Gasteiger partial charge on any atom is 0.251 e. The lowest BCUT2D eigenvalue weighted by Crippen LogP contribution is -2.50. The molecule has 0 aliphatic rings. The van der Waals surface area contributed by atoms with Crippen LogP contribution in [0.3, 0.4) is 0 Å². The summed E-state index contributed by atoms with van der Waals surface area (Å²) >= 11 is 0. The average molecular weight is 296 g/mol. The number of nitrogens with zero attached hydrogens (tertiary/aromatic N) is 1. The number of hydrogen-bond acceptors (Lipinski definition) is 3. The normalized spacial score (nSPS) is 12.1. The van der Waals surface area contributed by atoms with Crippen LogP contribution in [0.4, 0.5) is 4.39 Å². The number of likely N-dealkylation sites (N-methyl/N-ethyl adjacent to an activating group) is 1. The van der Waals surface area contributed by atoms with E-state index in [-0.39, 0.29) is 25.0 Å². The Labute approximate surface area is 123 Å². The van der Waals surface area contributed by atoms with Crippen molar-refractivity contribution in [1.29, 1.82) is 0 Å². The Bertz CT molecular complexity index is 488. The summed E-state index contributed by atoms with van der Waals surface area (Å²) in [6.07, 6.45) is 0. The fraction of sp³-hybridized carbons (Fsp3) is 0.467. The van der Waals surface area contributed by atoms with Gasteiger partial charge in [0.25, 0.3) is 5.91 Å². The van der Waals surface area contributed by atoms with Gasteiger partial charge < -0.3 is 15.3 Å². The Morgan fingerprint density at radius 1 is 1.29 bits per heavy atom. The van der Waals surface area contributed by atoms with Crippen molar-refractivity contribution >= 4 is 11.8 Å². The highest BCUT2D eigenvalue weighted by atomic mass is 19.1. The van der Waals surface area contributed by atoms with Crippen molar-refractivity contribution in [1.82, 2.24) is 10.2 Å². The summed E-state index contributed by atoms with van der Waals surface area (Å²) in [5.41, 5.74) is 0.291. The molecule has 0 bridgehead atoms. The average Bonchev–Trinajstić information content (AvgIpc) is 2.44. The van der Waals surface area contributed by atoms with Gasteiger partial charge >= 0.3 is 0 Å². The molecular weight excluding hydrogens is 275 g/mol. The molecule has 1 atom stereocenters. The summed E-state index contributed by atoms with van der Waals surface area (Å²) < 4.78 is 12.8. The van der Waals surface area contributed by atoms with Gasteiger partial charge in [0.2, 0.25) is 5.91 Å². The molecule has 0 saturated carbocycles. The third-order valence-corrected chi connectivity index (χ3v) is 3.14. The molecule has 0 aromatic heterocycles. The first-order chi connectivity index (χ1) is 9.86. The van der Waals surface area contributed by atoms with Crippen LogP contribution in [0.5, 0.6) is 0 Å². The third kappa shape index (κ3) is 4.82. The molecular formula is C15H21FN2O3. The van der Waals surface area contributed by atoms with Crippen LogP contribution in [-0.2, 0) is 4.79 Å². The largest absolute Gasteiger partial charge is 0.395 e. The number of hydrogen-bond donors (Lipinski definition) is 2. The molecule has 0 saturated heterocycles. The molecule has 6 heteroatoms. The molecule has 2 N–H and O–H groups in total. The number of aliphatic hydroxyl groups is 1. The van der Waals surface area contributed by atoms with Crippen LogP contribution in [-0.4, -0.2) is 48.1 Å². The standard InChI is InChI=1S/C15H21FN2O3/c1-10(2)13(15(21)18(3)8-9-19)17-14(20)11-4-6-12(16)7-5-11/h4-7,10,13,19H,8-9H2,1-3H3,(H,17,20). The van der Waals surface area contributed by atoms with Gasteiger partial charge in [-0.15, -0.1) is 0 Å². The van der Waals surface area contributed by atoms with Crippen molar-refractivity contribution in [3.63, 3.8) is 0 Å². The third-order valence-electron chi connectivity index (χ3n) is 3.14. The second-order valence-electron chi connectivity index (χ2n) is 5.19. The van der Waals surface area contributed by atoms with E-state index in [1.54, 1.807) is 7.05 Å². The van der Waals surface area contributed by atoms with Gasteiger partial charge in [0.1, 0.15) is 11.9 Å². The molecule has 0 spiro atoms. The highest BCUT2D eigenvalue weighted by Crippen LogP contribution is 2.08. The minimum Gasteiger partial charge on any atom is -0.395 e. The van der Waals surface area contributed by atoms with E-state index in [4.69, 9.17) is 5.11 Å². The van der Waals surface area contributed by atoms with Crippen LogP contribution in [0.2, 0.25) is 0 Å². The monoisotopic (exact) mass is 296 g/mol. The highest BCUT2D eigenvalue weighted by molar-refractivity contribution is 5.97. The zero-order chi connectivity index (χ0) is 16.0. The quantitative estimate of drug-likeness (QED) is 0.824. The topological polar surface area (TPSA) is 69.6 Å². The van der Waals surface area contributed by atoms with Crippen LogP contribution in [0.1, 0.15) is 24.2 Å². The molecule has 0 radical (unpaired) electrons.